The third kappa shape index (κ3) is 2.67. The number of nitrogens with zero attached hydrogens (tertiary/aromatic N) is 3. The second-order valence-electron chi connectivity index (χ2n) is 5.16. The first-order chi connectivity index (χ1) is 9.67. The van der Waals surface area contributed by atoms with Crippen LogP contribution in [0.25, 0.3) is 0 Å². The molecule has 0 aromatic carbocycles. The fourth-order valence-electron chi connectivity index (χ4n) is 2.82. The summed E-state index contributed by atoms with van der Waals surface area (Å²) >= 11 is 7.19. The summed E-state index contributed by atoms with van der Waals surface area (Å²) in [6.07, 6.45) is 1.83. The summed E-state index contributed by atoms with van der Waals surface area (Å²) in [7, 11) is 0. The highest BCUT2D eigenvalue weighted by molar-refractivity contribution is 7.09. The molecule has 2 fully saturated rings. The summed E-state index contributed by atoms with van der Waals surface area (Å²) < 4.78 is 0. The van der Waals surface area contributed by atoms with Gasteiger partial charge >= 0.3 is 0 Å². The van der Waals surface area contributed by atoms with E-state index in [1.165, 1.54) is 11.3 Å². The molecule has 1 aromatic rings. The predicted molar refractivity (Wildman–Crippen MR) is 76.7 cm³/mol. The number of thiazole rings is 1. The molecular formula is C13H16ClN3O2S. The molecule has 0 N–H and O–H groups in total. The lowest BCUT2D eigenvalue weighted by molar-refractivity contribution is -0.138. The Balaban J connectivity index is 1.59. The number of hydrogen-bond acceptors (Lipinski definition) is 4. The van der Waals surface area contributed by atoms with E-state index in [1.807, 2.05) is 15.2 Å². The highest BCUT2D eigenvalue weighted by Crippen LogP contribution is 2.23. The number of aromatic nitrogens is 1. The molecule has 2 aliphatic heterocycles. The van der Waals surface area contributed by atoms with Crippen LogP contribution in [-0.4, -0.2) is 52.3 Å². The molecule has 0 bridgehead atoms. The summed E-state index contributed by atoms with van der Waals surface area (Å²) in [6, 6.07) is 0.217. The molecule has 3 heterocycles. The Kier molecular flexibility index (Phi) is 3.94. The number of piperazine rings is 1. The van der Waals surface area contributed by atoms with Crippen molar-refractivity contribution in [2.75, 3.05) is 19.6 Å². The van der Waals surface area contributed by atoms with Gasteiger partial charge in [0.15, 0.2) is 0 Å². The Labute approximate surface area is 126 Å². The van der Waals surface area contributed by atoms with Crippen LogP contribution >= 0.6 is 22.9 Å². The van der Waals surface area contributed by atoms with E-state index in [0.717, 1.165) is 17.1 Å². The number of carbonyl (C=O) groups is 2. The number of rotatable bonds is 3. The second-order valence-corrected chi connectivity index (χ2v) is 6.37. The summed E-state index contributed by atoms with van der Waals surface area (Å²) in [5.41, 5.74) is 0.825. The molecule has 20 heavy (non-hydrogen) atoms. The molecule has 0 saturated carbocycles. The first-order valence-electron chi connectivity index (χ1n) is 6.74. The van der Waals surface area contributed by atoms with Gasteiger partial charge in [-0.1, -0.05) is 0 Å². The average Bonchev–Trinajstić information content (AvgIpc) is 3.05. The molecule has 0 aliphatic carbocycles. The molecular weight excluding hydrogens is 298 g/mol. The lowest BCUT2D eigenvalue weighted by atomic mass is 10.1. The quantitative estimate of drug-likeness (QED) is 0.789. The molecule has 2 aliphatic rings. The first-order valence-corrected chi connectivity index (χ1v) is 8.15. The summed E-state index contributed by atoms with van der Waals surface area (Å²) in [6.45, 7) is 1.97. The van der Waals surface area contributed by atoms with E-state index in [1.54, 1.807) is 0 Å². The van der Waals surface area contributed by atoms with Crippen LogP contribution < -0.4 is 0 Å². The van der Waals surface area contributed by atoms with Gasteiger partial charge in [0, 0.05) is 37.5 Å². The summed E-state index contributed by atoms with van der Waals surface area (Å²) in [5, 5.41) is 2.71. The van der Waals surface area contributed by atoms with Crippen LogP contribution in [0, 0.1) is 0 Å². The number of amides is 2. The third-order valence-corrected chi connectivity index (χ3v) is 5.06. The minimum Gasteiger partial charge on any atom is -0.338 e. The second kappa shape index (κ2) is 5.69. The van der Waals surface area contributed by atoms with Gasteiger partial charge in [0.25, 0.3) is 0 Å². The van der Waals surface area contributed by atoms with Crippen molar-refractivity contribution in [1.82, 2.24) is 14.8 Å². The van der Waals surface area contributed by atoms with E-state index >= 15 is 0 Å². The maximum Gasteiger partial charge on any atom is 0.229 e. The maximum absolute atomic E-state index is 12.3. The van der Waals surface area contributed by atoms with Crippen molar-refractivity contribution in [2.24, 2.45) is 0 Å². The standard InChI is InChI=1S/C13H16ClN3O2S/c14-6-9-8-20-11(15-9)5-13(19)16-3-4-17-10(7-16)1-2-12(17)18/h8,10H,1-7H2. The van der Waals surface area contributed by atoms with Gasteiger partial charge in [-0.2, -0.15) is 0 Å². The van der Waals surface area contributed by atoms with Crippen molar-refractivity contribution in [3.05, 3.63) is 16.1 Å². The van der Waals surface area contributed by atoms with Crippen LogP contribution in [0.3, 0.4) is 0 Å². The van der Waals surface area contributed by atoms with Gasteiger partial charge < -0.3 is 9.80 Å². The lowest BCUT2D eigenvalue weighted by Crippen LogP contribution is -2.53. The topological polar surface area (TPSA) is 53.5 Å². The van der Waals surface area contributed by atoms with Gasteiger partial charge in [0.2, 0.25) is 11.8 Å². The molecule has 0 spiro atoms. The zero-order valence-corrected chi connectivity index (χ0v) is 12.6. The molecule has 1 aromatic heterocycles. The summed E-state index contributed by atoms with van der Waals surface area (Å²) in [4.78, 5) is 32.0. The largest absolute Gasteiger partial charge is 0.338 e. The zero-order valence-electron chi connectivity index (χ0n) is 11.0. The third-order valence-electron chi connectivity index (χ3n) is 3.89. The SMILES string of the molecule is O=C(Cc1nc(CCl)cs1)N1CCN2C(=O)CCC2C1. The molecule has 1 atom stereocenters. The zero-order chi connectivity index (χ0) is 14.1. The van der Waals surface area contributed by atoms with Gasteiger partial charge in [-0.3, -0.25) is 9.59 Å². The molecule has 3 rings (SSSR count). The monoisotopic (exact) mass is 313 g/mol. The van der Waals surface area contributed by atoms with E-state index in [9.17, 15) is 9.59 Å². The Morgan fingerprint density at radius 3 is 3.10 bits per heavy atom. The number of alkyl halides is 1. The van der Waals surface area contributed by atoms with E-state index in [0.29, 0.717) is 38.4 Å². The fraction of sp³-hybridized carbons (Fsp3) is 0.615. The molecule has 108 valence electrons. The van der Waals surface area contributed by atoms with Gasteiger partial charge in [-0.05, 0) is 6.42 Å². The molecule has 2 amide bonds. The molecule has 5 nitrogen and oxygen atoms in total. The van der Waals surface area contributed by atoms with Crippen molar-refractivity contribution in [3.63, 3.8) is 0 Å². The van der Waals surface area contributed by atoms with Crippen molar-refractivity contribution in [2.45, 2.75) is 31.2 Å². The van der Waals surface area contributed by atoms with Crippen LogP contribution in [0.15, 0.2) is 5.38 Å². The van der Waals surface area contributed by atoms with E-state index in [2.05, 4.69) is 4.98 Å². The van der Waals surface area contributed by atoms with E-state index in [4.69, 9.17) is 11.6 Å². The van der Waals surface area contributed by atoms with Crippen molar-refractivity contribution < 1.29 is 9.59 Å². The number of fused-ring (bicyclic) bond motifs is 1. The number of hydrogen-bond donors (Lipinski definition) is 0. The highest BCUT2D eigenvalue weighted by Gasteiger charge is 2.36. The minimum atomic E-state index is 0.0967. The van der Waals surface area contributed by atoms with E-state index in [-0.39, 0.29) is 17.9 Å². The van der Waals surface area contributed by atoms with Crippen LogP contribution in [-0.2, 0) is 21.9 Å². The van der Waals surface area contributed by atoms with Gasteiger partial charge in [-0.25, -0.2) is 4.98 Å². The van der Waals surface area contributed by atoms with Gasteiger partial charge in [0.05, 0.1) is 18.0 Å². The summed E-state index contributed by atoms with van der Waals surface area (Å²) in [5.74, 6) is 0.710. The first kappa shape index (κ1) is 13.8. The van der Waals surface area contributed by atoms with Crippen LogP contribution in [0.4, 0.5) is 0 Å². The molecule has 0 radical (unpaired) electrons. The van der Waals surface area contributed by atoms with Gasteiger partial charge in [-0.15, -0.1) is 22.9 Å². The van der Waals surface area contributed by atoms with Gasteiger partial charge in [0.1, 0.15) is 5.01 Å². The Morgan fingerprint density at radius 2 is 2.35 bits per heavy atom. The van der Waals surface area contributed by atoms with Crippen LogP contribution in [0.2, 0.25) is 0 Å². The predicted octanol–water partition coefficient (Wildman–Crippen LogP) is 1.26. The number of carbonyl (C=O) groups excluding carboxylic acids is 2. The number of halogens is 1. The minimum absolute atomic E-state index is 0.0967. The molecule has 1 unspecified atom stereocenters. The molecule has 2 saturated heterocycles. The normalized spacial score (nSPS) is 22.2. The van der Waals surface area contributed by atoms with Crippen LogP contribution in [0.1, 0.15) is 23.5 Å². The smallest absolute Gasteiger partial charge is 0.229 e. The highest BCUT2D eigenvalue weighted by atomic mass is 35.5. The average molecular weight is 314 g/mol. The van der Waals surface area contributed by atoms with Crippen LogP contribution in [0.5, 0.6) is 0 Å². The Bertz CT molecular complexity index is 533. The van der Waals surface area contributed by atoms with Crippen molar-refractivity contribution in [1.29, 1.82) is 0 Å². The fourth-order valence-corrected chi connectivity index (χ4v) is 3.84. The lowest BCUT2D eigenvalue weighted by Gasteiger charge is -2.37. The maximum atomic E-state index is 12.3. The van der Waals surface area contributed by atoms with Crippen molar-refractivity contribution in [3.8, 4) is 0 Å². The van der Waals surface area contributed by atoms with Crippen molar-refractivity contribution >= 4 is 34.8 Å². The Morgan fingerprint density at radius 1 is 1.50 bits per heavy atom. The van der Waals surface area contributed by atoms with E-state index < -0.39 is 0 Å². The Hall–Kier alpha value is -1.14. The molecule has 7 heteroatoms.